The Hall–Kier alpha value is -3.18. The van der Waals surface area contributed by atoms with E-state index in [0.29, 0.717) is 28.7 Å². The van der Waals surface area contributed by atoms with Crippen molar-refractivity contribution < 1.29 is 0 Å². The van der Waals surface area contributed by atoms with Crippen molar-refractivity contribution in [3.8, 4) is 12.1 Å². The summed E-state index contributed by atoms with van der Waals surface area (Å²) in [6.07, 6.45) is 12.9. The molecule has 0 fully saturated rings. The maximum absolute atomic E-state index is 9.76. The predicted molar refractivity (Wildman–Crippen MR) is 169 cm³/mol. The van der Waals surface area contributed by atoms with Gasteiger partial charge in [0.2, 0.25) is 0 Å². The molecule has 2 unspecified atom stereocenters. The first-order valence-electron chi connectivity index (χ1n) is 15.7. The minimum Gasteiger partial charge on any atom is -0.371 e. The van der Waals surface area contributed by atoms with E-state index >= 15 is 0 Å². The Bertz CT molecular complexity index is 1100. The van der Waals surface area contributed by atoms with E-state index in [2.05, 4.69) is 80.9 Å². The van der Waals surface area contributed by atoms with Crippen LogP contribution in [0.2, 0.25) is 0 Å². The molecule has 0 aliphatic rings. The van der Waals surface area contributed by atoms with E-state index in [1.165, 1.54) is 57.1 Å². The zero-order valence-corrected chi connectivity index (χ0v) is 26.0. The number of aryl methyl sites for hydroxylation is 2. The van der Waals surface area contributed by atoms with Crippen LogP contribution in [0, 0.1) is 41.4 Å². The molecule has 0 saturated carbocycles. The average Bonchev–Trinajstić information content (AvgIpc) is 2.98. The summed E-state index contributed by atoms with van der Waals surface area (Å²) in [5.74, 6) is 1.38. The van der Waals surface area contributed by atoms with Crippen LogP contribution in [0.1, 0.15) is 121 Å². The van der Waals surface area contributed by atoms with Crippen molar-refractivity contribution in [1.29, 1.82) is 10.5 Å². The molecule has 2 aromatic rings. The number of hydrogen-bond donors (Lipinski definition) is 0. The van der Waals surface area contributed by atoms with Gasteiger partial charge in [0.1, 0.15) is 17.8 Å². The summed E-state index contributed by atoms with van der Waals surface area (Å²) >= 11 is 0. The first kappa shape index (κ1) is 33.0. The highest BCUT2D eigenvalue weighted by Crippen LogP contribution is 2.32. The van der Waals surface area contributed by atoms with Crippen LogP contribution in [0.25, 0.3) is 0 Å². The minimum atomic E-state index is 0.360. The number of nitrogens with zero attached hydrogens (tertiary/aromatic N) is 5. The maximum atomic E-state index is 9.76. The Balaban J connectivity index is 2.37. The molecular formula is C35H51N5. The fraction of sp³-hybridized carbons (Fsp3) is 0.600. The molecule has 0 spiro atoms. The van der Waals surface area contributed by atoms with E-state index in [9.17, 15) is 10.5 Å². The van der Waals surface area contributed by atoms with E-state index < -0.39 is 0 Å². The lowest BCUT2D eigenvalue weighted by molar-refractivity contribution is 0.403. The largest absolute Gasteiger partial charge is 0.371 e. The Morgan fingerprint density at radius 1 is 0.750 bits per heavy atom. The first-order valence-corrected chi connectivity index (χ1v) is 15.7. The number of azo groups is 1. The molecule has 2 rings (SSSR count). The van der Waals surface area contributed by atoms with Crippen molar-refractivity contribution >= 4 is 17.1 Å². The molecule has 5 heteroatoms. The molecule has 0 bridgehead atoms. The summed E-state index contributed by atoms with van der Waals surface area (Å²) in [7, 11) is 0. The molecular weight excluding hydrogens is 490 g/mol. The van der Waals surface area contributed by atoms with Crippen molar-refractivity contribution in [1.82, 2.24) is 0 Å². The lowest BCUT2D eigenvalue weighted by atomic mass is 9.95. The monoisotopic (exact) mass is 541 g/mol. The number of nitriles is 2. The molecule has 0 aliphatic heterocycles. The summed E-state index contributed by atoms with van der Waals surface area (Å²) in [5.41, 5.74) is 5.24. The normalized spacial score (nSPS) is 12.7. The average molecular weight is 542 g/mol. The number of benzene rings is 2. The molecule has 2 atom stereocenters. The summed E-state index contributed by atoms with van der Waals surface area (Å²) in [5, 5.41) is 28.5. The quantitative estimate of drug-likeness (QED) is 0.176. The Labute approximate surface area is 244 Å². The van der Waals surface area contributed by atoms with Gasteiger partial charge in [-0.15, -0.1) is 5.11 Å². The van der Waals surface area contributed by atoms with Gasteiger partial charge in [0.05, 0.1) is 16.8 Å². The van der Waals surface area contributed by atoms with Crippen LogP contribution in [-0.2, 0) is 6.42 Å². The van der Waals surface area contributed by atoms with Crippen molar-refractivity contribution in [2.75, 3.05) is 18.0 Å². The van der Waals surface area contributed by atoms with E-state index in [-0.39, 0.29) is 0 Å². The van der Waals surface area contributed by atoms with Gasteiger partial charge >= 0.3 is 0 Å². The van der Waals surface area contributed by atoms with Gasteiger partial charge < -0.3 is 4.90 Å². The second-order valence-electron chi connectivity index (χ2n) is 11.3. The third-order valence-corrected chi connectivity index (χ3v) is 8.08. The first-order chi connectivity index (χ1) is 19.4. The van der Waals surface area contributed by atoms with Gasteiger partial charge in [-0.25, -0.2) is 0 Å². The van der Waals surface area contributed by atoms with Gasteiger partial charge in [-0.1, -0.05) is 79.6 Å². The number of anilines is 1. The number of hydrogen-bond acceptors (Lipinski definition) is 5. The third-order valence-electron chi connectivity index (χ3n) is 8.08. The second kappa shape index (κ2) is 18.2. The molecule has 0 heterocycles. The summed E-state index contributed by atoms with van der Waals surface area (Å²) < 4.78 is 0. The lowest BCUT2D eigenvalue weighted by Crippen LogP contribution is -2.34. The van der Waals surface area contributed by atoms with E-state index in [1.807, 2.05) is 18.2 Å². The van der Waals surface area contributed by atoms with Crippen LogP contribution in [0.15, 0.2) is 40.6 Å². The number of unbranched alkanes of at least 4 members (excludes halogenated alkanes) is 3. The topological polar surface area (TPSA) is 75.5 Å². The summed E-state index contributed by atoms with van der Waals surface area (Å²) in [6, 6.07) is 14.6. The fourth-order valence-corrected chi connectivity index (χ4v) is 5.29. The van der Waals surface area contributed by atoms with Crippen molar-refractivity contribution in [3.63, 3.8) is 0 Å². The van der Waals surface area contributed by atoms with Crippen molar-refractivity contribution in [2.45, 2.75) is 112 Å². The van der Waals surface area contributed by atoms with E-state index in [4.69, 9.17) is 0 Å². The van der Waals surface area contributed by atoms with Crippen LogP contribution in [-0.4, -0.2) is 13.1 Å². The minimum absolute atomic E-state index is 0.360. The van der Waals surface area contributed by atoms with Gasteiger partial charge in [-0.3, -0.25) is 0 Å². The van der Waals surface area contributed by atoms with Crippen molar-refractivity contribution in [3.05, 3.63) is 52.6 Å². The molecule has 0 aromatic heterocycles. The Morgan fingerprint density at radius 2 is 1.30 bits per heavy atom. The predicted octanol–water partition coefficient (Wildman–Crippen LogP) is 10.7. The Morgan fingerprint density at radius 3 is 1.75 bits per heavy atom. The van der Waals surface area contributed by atoms with Crippen LogP contribution in [0.5, 0.6) is 0 Å². The molecule has 0 aliphatic carbocycles. The maximum Gasteiger partial charge on any atom is 0.121 e. The molecule has 40 heavy (non-hydrogen) atoms. The van der Waals surface area contributed by atoms with Crippen LogP contribution < -0.4 is 4.90 Å². The highest BCUT2D eigenvalue weighted by atomic mass is 15.1. The van der Waals surface area contributed by atoms with Gasteiger partial charge in [0, 0.05) is 18.8 Å². The molecule has 2 aromatic carbocycles. The molecule has 0 N–H and O–H groups in total. The molecule has 0 radical (unpaired) electrons. The van der Waals surface area contributed by atoms with Gasteiger partial charge in [0.15, 0.2) is 0 Å². The molecule has 5 nitrogen and oxygen atoms in total. The standard InChI is InChI=1S/C35H51N5/c1-7-12-15-28(10-4)25-40(26-29(11-5)16-13-8-2)33-18-19-34(27(6)20-33)38-39-35-31(23-36)21-30(17-14-9-3)22-32(35)24-37/h18-22,28-29H,7-17,25-26H2,1-6H3. The van der Waals surface area contributed by atoms with E-state index in [1.54, 1.807) is 0 Å². The molecule has 0 amide bonds. The van der Waals surface area contributed by atoms with Crippen LogP contribution >= 0.6 is 0 Å². The van der Waals surface area contributed by atoms with Crippen molar-refractivity contribution in [2.24, 2.45) is 22.1 Å². The van der Waals surface area contributed by atoms with Crippen LogP contribution in [0.4, 0.5) is 17.1 Å². The SMILES string of the molecule is CCCCc1cc(C#N)c(N=Nc2ccc(N(CC(CC)CCCC)CC(CC)CCCC)cc2C)c(C#N)c1. The molecule has 0 saturated heterocycles. The molecule has 216 valence electrons. The second-order valence-corrected chi connectivity index (χ2v) is 11.3. The lowest BCUT2D eigenvalue weighted by Gasteiger charge is -2.33. The van der Waals surface area contributed by atoms with Crippen LogP contribution in [0.3, 0.4) is 0 Å². The highest BCUT2D eigenvalue weighted by molar-refractivity contribution is 5.65. The van der Waals surface area contributed by atoms with Gasteiger partial charge in [-0.05, 0) is 85.9 Å². The zero-order chi connectivity index (χ0) is 29.3. The zero-order valence-electron chi connectivity index (χ0n) is 26.0. The smallest absolute Gasteiger partial charge is 0.121 e. The third kappa shape index (κ3) is 10.1. The summed E-state index contributed by atoms with van der Waals surface area (Å²) in [4.78, 5) is 2.61. The summed E-state index contributed by atoms with van der Waals surface area (Å²) in [6.45, 7) is 15.6. The highest BCUT2D eigenvalue weighted by Gasteiger charge is 2.18. The fourth-order valence-electron chi connectivity index (χ4n) is 5.29. The Kier molecular flexibility index (Phi) is 15.0. The number of rotatable bonds is 18. The van der Waals surface area contributed by atoms with Gasteiger partial charge in [-0.2, -0.15) is 15.6 Å². The van der Waals surface area contributed by atoms with Gasteiger partial charge in [0.25, 0.3) is 0 Å². The van der Waals surface area contributed by atoms with E-state index in [0.717, 1.165) is 49.2 Å².